The second-order valence-electron chi connectivity index (χ2n) is 2.88. The van der Waals surface area contributed by atoms with Crippen molar-refractivity contribution in [3.8, 4) is 0 Å². The molecular weight excluding hydrogens is 212 g/mol. The number of alkyl halides is 3. The van der Waals surface area contributed by atoms with Gasteiger partial charge < -0.3 is 5.11 Å². The smallest absolute Gasteiger partial charge is 0.280 e. The SMILES string of the molecule is Cc1cc(CCl)c(CO)c(C(F)F)n1. The molecule has 0 aliphatic rings. The number of nitrogens with zero attached hydrogens (tertiary/aromatic N) is 1. The van der Waals surface area contributed by atoms with Gasteiger partial charge in [-0.25, -0.2) is 8.78 Å². The lowest BCUT2D eigenvalue weighted by atomic mass is 10.1. The lowest BCUT2D eigenvalue weighted by Gasteiger charge is -2.11. The topological polar surface area (TPSA) is 33.1 Å². The maximum absolute atomic E-state index is 12.5. The van der Waals surface area contributed by atoms with Gasteiger partial charge in [0.2, 0.25) is 0 Å². The van der Waals surface area contributed by atoms with E-state index in [2.05, 4.69) is 4.98 Å². The summed E-state index contributed by atoms with van der Waals surface area (Å²) in [5.41, 5.74) is 0.758. The normalized spacial score (nSPS) is 11.0. The average molecular weight is 222 g/mol. The van der Waals surface area contributed by atoms with E-state index in [0.29, 0.717) is 11.3 Å². The number of halogens is 3. The molecule has 0 saturated heterocycles. The zero-order valence-corrected chi connectivity index (χ0v) is 8.35. The molecule has 0 aromatic carbocycles. The van der Waals surface area contributed by atoms with Gasteiger partial charge in [0.15, 0.2) is 0 Å². The van der Waals surface area contributed by atoms with E-state index >= 15 is 0 Å². The van der Waals surface area contributed by atoms with Crippen LogP contribution in [0.2, 0.25) is 0 Å². The van der Waals surface area contributed by atoms with Crippen LogP contribution in [0.25, 0.3) is 0 Å². The van der Waals surface area contributed by atoms with E-state index in [0.717, 1.165) is 0 Å². The summed E-state index contributed by atoms with van der Waals surface area (Å²) in [7, 11) is 0. The summed E-state index contributed by atoms with van der Waals surface area (Å²) in [5, 5.41) is 8.94. The van der Waals surface area contributed by atoms with E-state index in [-0.39, 0.29) is 17.1 Å². The van der Waals surface area contributed by atoms with E-state index in [1.54, 1.807) is 13.0 Å². The number of aromatic nitrogens is 1. The summed E-state index contributed by atoms with van der Waals surface area (Å²) >= 11 is 5.58. The van der Waals surface area contributed by atoms with Gasteiger partial charge in [-0.3, -0.25) is 4.98 Å². The first-order valence-electron chi connectivity index (χ1n) is 4.04. The van der Waals surface area contributed by atoms with E-state index < -0.39 is 13.0 Å². The molecule has 0 radical (unpaired) electrons. The summed E-state index contributed by atoms with van der Waals surface area (Å²) in [4.78, 5) is 3.68. The van der Waals surface area contributed by atoms with Crippen molar-refractivity contribution in [1.82, 2.24) is 4.98 Å². The lowest BCUT2D eigenvalue weighted by molar-refractivity contribution is 0.141. The van der Waals surface area contributed by atoms with Crippen molar-refractivity contribution in [3.63, 3.8) is 0 Å². The zero-order valence-electron chi connectivity index (χ0n) is 7.60. The average Bonchev–Trinajstić information content (AvgIpc) is 2.16. The molecule has 0 bridgehead atoms. The molecule has 0 fully saturated rings. The van der Waals surface area contributed by atoms with E-state index in [1.165, 1.54) is 0 Å². The van der Waals surface area contributed by atoms with Crippen molar-refractivity contribution in [2.24, 2.45) is 0 Å². The molecule has 0 unspecified atom stereocenters. The van der Waals surface area contributed by atoms with Crippen LogP contribution in [0.4, 0.5) is 8.78 Å². The van der Waals surface area contributed by atoms with Crippen LogP contribution in [0.3, 0.4) is 0 Å². The molecule has 5 heteroatoms. The Kier molecular flexibility index (Phi) is 3.77. The minimum Gasteiger partial charge on any atom is -0.392 e. The standard InChI is InChI=1S/C9H10ClF2NO/c1-5-2-6(3-10)7(4-14)8(13-5)9(11)12/h2,9,14H,3-4H2,1H3. The lowest BCUT2D eigenvalue weighted by Crippen LogP contribution is -2.04. The molecule has 0 saturated carbocycles. The predicted octanol–water partition coefficient (Wildman–Crippen LogP) is 2.56. The highest BCUT2D eigenvalue weighted by Gasteiger charge is 2.17. The number of hydrogen-bond acceptors (Lipinski definition) is 2. The molecule has 14 heavy (non-hydrogen) atoms. The third-order valence-corrected chi connectivity index (χ3v) is 2.17. The van der Waals surface area contributed by atoms with Gasteiger partial charge in [-0.2, -0.15) is 0 Å². The number of rotatable bonds is 3. The van der Waals surface area contributed by atoms with Crippen molar-refractivity contribution in [2.75, 3.05) is 0 Å². The number of pyridine rings is 1. The molecule has 1 aromatic rings. The zero-order chi connectivity index (χ0) is 10.7. The first-order valence-corrected chi connectivity index (χ1v) is 4.57. The number of aryl methyl sites for hydroxylation is 1. The van der Waals surface area contributed by atoms with Gasteiger partial charge in [-0.05, 0) is 18.6 Å². The monoisotopic (exact) mass is 221 g/mol. The fourth-order valence-corrected chi connectivity index (χ4v) is 1.51. The van der Waals surface area contributed by atoms with Crippen LogP contribution >= 0.6 is 11.6 Å². The minimum absolute atomic E-state index is 0.0962. The quantitative estimate of drug-likeness (QED) is 0.796. The Morgan fingerprint density at radius 3 is 2.64 bits per heavy atom. The van der Waals surface area contributed by atoms with E-state index in [1.807, 2.05) is 0 Å². The third-order valence-electron chi connectivity index (χ3n) is 1.89. The van der Waals surface area contributed by atoms with Gasteiger partial charge in [0, 0.05) is 17.1 Å². The van der Waals surface area contributed by atoms with Gasteiger partial charge in [-0.1, -0.05) is 0 Å². The van der Waals surface area contributed by atoms with Crippen molar-refractivity contribution in [1.29, 1.82) is 0 Å². The molecule has 1 rings (SSSR count). The molecule has 0 spiro atoms. The Bertz CT molecular complexity index is 331. The largest absolute Gasteiger partial charge is 0.392 e. The van der Waals surface area contributed by atoms with Crippen LogP contribution in [-0.4, -0.2) is 10.1 Å². The van der Waals surface area contributed by atoms with Gasteiger partial charge in [-0.15, -0.1) is 11.6 Å². The second kappa shape index (κ2) is 4.66. The van der Waals surface area contributed by atoms with Crippen molar-refractivity contribution in [2.45, 2.75) is 25.8 Å². The highest BCUT2D eigenvalue weighted by Crippen LogP contribution is 2.25. The van der Waals surface area contributed by atoms with Gasteiger partial charge >= 0.3 is 0 Å². The molecule has 1 heterocycles. The third kappa shape index (κ3) is 2.19. The summed E-state index contributed by atoms with van der Waals surface area (Å²) < 4.78 is 25.0. The van der Waals surface area contributed by atoms with E-state index in [9.17, 15) is 8.78 Å². The van der Waals surface area contributed by atoms with Crippen molar-refractivity contribution >= 4 is 11.6 Å². The minimum atomic E-state index is -2.68. The molecular formula is C9H10ClF2NO. The maximum atomic E-state index is 12.5. The van der Waals surface area contributed by atoms with Crippen LogP contribution in [0.15, 0.2) is 6.07 Å². The molecule has 0 aliphatic heterocycles. The molecule has 2 nitrogen and oxygen atoms in total. The number of aliphatic hydroxyl groups excluding tert-OH is 1. The predicted molar refractivity (Wildman–Crippen MR) is 49.4 cm³/mol. The molecule has 1 aromatic heterocycles. The Hall–Kier alpha value is -0.740. The molecule has 0 atom stereocenters. The van der Waals surface area contributed by atoms with Crippen molar-refractivity contribution in [3.05, 3.63) is 28.6 Å². The number of aliphatic hydroxyl groups is 1. The highest BCUT2D eigenvalue weighted by atomic mass is 35.5. The van der Waals surface area contributed by atoms with Crippen molar-refractivity contribution < 1.29 is 13.9 Å². The number of hydrogen-bond donors (Lipinski definition) is 1. The summed E-state index contributed by atoms with van der Waals surface area (Å²) in [6.07, 6.45) is -2.68. The molecule has 0 amide bonds. The fraction of sp³-hybridized carbons (Fsp3) is 0.444. The molecule has 1 N–H and O–H groups in total. The summed E-state index contributed by atoms with van der Waals surface area (Å²) in [6.45, 7) is 1.15. The molecule has 0 aliphatic carbocycles. The van der Waals surface area contributed by atoms with Crippen LogP contribution < -0.4 is 0 Å². The van der Waals surface area contributed by atoms with Crippen LogP contribution in [-0.2, 0) is 12.5 Å². The Morgan fingerprint density at radius 2 is 2.21 bits per heavy atom. The van der Waals surface area contributed by atoms with Crippen LogP contribution in [0.1, 0.15) is 28.9 Å². The first-order chi connectivity index (χ1) is 6.60. The van der Waals surface area contributed by atoms with Gasteiger partial charge in [0.25, 0.3) is 6.43 Å². The van der Waals surface area contributed by atoms with Crippen LogP contribution in [0, 0.1) is 6.92 Å². The fourth-order valence-electron chi connectivity index (χ4n) is 1.28. The summed E-state index contributed by atoms with van der Waals surface area (Å²) in [5.74, 6) is 0.0962. The second-order valence-corrected chi connectivity index (χ2v) is 3.15. The summed E-state index contributed by atoms with van der Waals surface area (Å²) in [6, 6.07) is 1.60. The Morgan fingerprint density at radius 1 is 1.57 bits per heavy atom. The first kappa shape index (κ1) is 11.3. The molecule has 78 valence electrons. The van der Waals surface area contributed by atoms with Gasteiger partial charge in [0.05, 0.1) is 6.61 Å². The van der Waals surface area contributed by atoms with E-state index in [4.69, 9.17) is 16.7 Å². The van der Waals surface area contributed by atoms with Crippen LogP contribution in [0.5, 0.6) is 0 Å². The highest BCUT2D eigenvalue weighted by molar-refractivity contribution is 6.17. The van der Waals surface area contributed by atoms with Gasteiger partial charge in [0.1, 0.15) is 5.69 Å². The maximum Gasteiger partial charge on any atom is 0.280 e. The Balaban J connectivity index is 3.31. The Labute approximate surface area is 85.5 Å².